The number of nitrogens with zero attached hydrogens (tertiary/aromatic N) is 3. The number of esters is 1. The van der Waals surface area contributed by atoms with E-state index in [1.807, 2.05) is 18.2 Å². The lowest BCUT2D eigenvalue weighted by Gasteiger charge is -2.02. The van der Waals surface area contributed by atoms with Gasteiger partial charge in [-0.25, -0.2) is 15.2 Å². The largest absolute Gasteiger partial charge is 0.465 e. The van der Waals surface area contributed by atoms with Crippen LogP contribution < -0.4 is 5.43 Å². The van der Waals surface area contributed by atoms with E-state index in [0.717, 1.165) is 5.56 Å². The second-order valence-electron chi connectivity index (χ2n) is 5.29. The summed E-state index contributed by atoms with van der Waals surface area (Å²) < 4.78 is 6.35. The topological polar surface area (TPSA) is 85.1 Å². The summed E-state index contributed by atoms with van der Waals surface area (Å²) in [5, 5.41) is 3.96. The summed E-state index contributed by atoms with van der Waals surface area (Å²) in [6.07, 6.45) is 3.27. The van der Waals surface area contributed by atoms with Crippen molar-refractivity contribution in [3.8, 4) is 0 Å². The van der Waals surface area contributed by atoms with Crippen molar-refractivity contribution >= 4 is 23.7 Å². The normalized spacial score (nSPS) is 11.0. The maximum Gasteiger partial charge on any atom is 0.337 e. The summed E-state index contributed by atoms with van der Waals surface area (Å²) in [6.45, 7) is 1.77. The number of carbonyl (C=O) groups excluding carboxylic acids is 2. The van der Waals surface area contributed by atoms with Gasteiger partial charge in [-0.1, -0.05) is 18.2 Å². The molecule has 0 saturated carbocycles. The molecule has 0 spiro atoms. The zero-order valence-electron chi connectivity index (χ0n) is 13.8. The molecule has 0 bridgehead atoms. The van der Waals surface area contributed by atoms with E-state index in [4.69, 9.17) is 0 Å². The summed E-state index contributed by atoms with van der Waals surface area (Å²) in [4.78, 5) is 28.1. The molecule has 0 aliphatic rings. The van der Waals surface area contributed by atoms with Gasteiger partial charge in [-0.3, -0.25) is 9.20 Å². The zero-order valence-corrected chi connectivity index (χ0v) is 13.8. The van der Waals surface area contributed by atoms with Crippen molar-refractivity contribution in [1.82, 2.24) is 14.8 Å². The van der Waals surface area contributed by atoms with Crippen molar-refractivity contribution in [3.05, 3.63) is 71.2 Å². The molecule has 2 heterocycles. The van der Waals surface area contributed by atoms with E-state index in [1.165, 1.54) is 13.3 Å². The van der Waals surface area contributed by atoms with Crippen molar-refractivity contribution in [2.24, 2.45) is 5.10 Å². The van der Waals surface area contributed by atoms with E-state index in [1.54, 1.807) is 41.8 Å². The van der Waals surface area contributed by atoms with Crippen LogP contribution in [0.5, 0.6) is 0 Å². The molecule has 3 aromatic rings. The summed E-state index contributed by atoms with van der Waals surface area (Å²) >= 11 is 0. The standard InChI is InChI=1S/C18H16N4O3/c1-12-16(22-10-4-3-5-15(22)20-12)17(23)21-19-11-13-6-8-14(9-7-13)18(24)25-2/h3-11H,1-2H3,(H,21,23)/b19-11+. The molecule has 126 valence electrons. The Bertz CT molecular complexity index is 958. The number of hydrogen-bond donors (Lipinski definition) is 1. The Morgan fingerprint density at radius 2 is 1.96 bits per heavy atom. The average Bonchev–Trinajstić information content (AvgIpc) is 2.97. The SMILES string of the molecule is COC(=O)c1ccc(/C=N/NC(=O)c2c(C)nc3ccccn23)cc1. The fourth-order valence-electron chi connectivity index (χ4n) is 2.43. The van der Waals surface area contributed by atoms with E-state index in [2.05, 4.69) is 20.2 Å². The maximum atomic E-state index is 12.4. The number of nitrogens with one attached hydrogen (secondary N) is 1. The molecule has 0 aliphatic heterocycles. The smallest absolute Gasteiger partial charge is 0.337 e. The Hall–Kier alpha value is -3.48. The molecule has 25 heavy (non-hydrogen) atoms. The lowest BCUT2D eigenvalue weighted by atomic mass is 10.1. The number of carbonyl (C=O) groups is 2. The molecular formula is C18H16N4O3. The minimum atomic E-state index is -0.403. The summed E-state index contributed by atoms with van der Waals surface area (Å²) in [7, 11) is 1.33. The molecular weight excluding hydrogens is 320 g/mol. The third kappa shape index (κ3) is 3.40. The van der Waals surface area contributed by atoms with Crippen LogP contribution in [0.25, 0.3) is 5.65 Å². The number of aromatic nitrogens is 2. The van der Waals surface area contributed by atoms with Gasteiger partial charge in [0.25, 0.3) is 5.91 Å². The van der Waals surface area contributed by atoms with Crippen molar-refractivity contribution in [3.63, 3.8) is 0 Å². The molecule has 1 N–H and O–H groups in total. The van der Waals surface area contributed by atoms with Crippen LogP contribution in [-0.2, 0) is 4.74 Å². The quantitative estimate of drug-likeness (QED) is 0.450. The number of methoxy groups -OCH3 is 1. The van der Waals surface area contributed by atoms with Crippen molar-refractivity contribution in [1.29, 1.82) is 0 Å². The van der Waals surface area contributed by atoms with E-state index in [9.17, 15) is 9.59 Å². The minimum Gasteiger partial charge on any atom is -0.465 e. The van der Waals surface area contributed by atoms with Crippen molar-refractivity contribution in [2.75, 3.05) is 7.11 Å². The number of aryl methyl sites for hydroxylation is 1. The first kappa shape index (κ1) is 16.4. The number of amides is 1. The van der Waals surface area contributed by atoms with Crippen LogP contribution in [0.15, 0.2) is 53.8 Å². The van der Waals surface area contributed by atoms with Gasteiger partial charge in [-0.2, -0.15) is 5.10 Å². The van der Waals surface area contributed by atoms with Crippen LogP contribution in [0.2, 0.25) is 0 Å². The number of pyridine rings is 1. The molecule has 7 nitrogen and oxygen atoms in total. The highest BCUT2D eigenvalue weighted by Crippen LogP contribution is 2.11. The van der Waals surface area contributed by atoms with Crippen LogP contribution in [0.1, 0.15) is 32.1 Å². The van der Waals surface area contributed by atoms with Gasteiger partial charge in [0.05, 0.1) is 24.6 Å². The first-order valence-electron chi connectivity index (χ1n) is 7.55. The highest BCUT2D eigenvalue weighted by atomic mass is 16.5. The number of ether oxygens (including phenoxy) is 1. The van der Waals surface area contributed by atoms with Gasteiger partial charge in [0.1, 0.15) is 11.3 Å². The molecule has 0 atom stereocenters. The Labute approximate surface area is 144 Å². The van der Waals surface area contributed by atoms with Gasteiger partial charge in [-0.05, 0) is 36.8 Å². The van der Waals surface area contributed by atoms with E-state index < -0.39 is 5.97 Å². The fraction of sp³-hybridized carbons (Fsp3) is 0.111. The Morgan fingerprint density at radius 1 is 1.20 bits per heavy atom. The predicted molar refractivity (Wildman–Crippen MR) is 92.8 cm³/mol. The fourth-order valence-corrected chi connectivity index (χ4v) is 2.43. The second-order valence-corrected chi connectivity index (χ2v) is 5.29. The molecule has 3 rings (SSSR count). The second kappa shape index (κ2) is 6.96. The van der Waals surface area contributed by atoms with Crippen molar-refractivity contribution in [2.45, 2.75) is 6.92 Å². The van der Waals surface area contributed by atoms with Crippen LogP contribution >= 0.6 is 0 Å². The van der Waals surface area contributed by atoms with Crippen LogP contribution in [0.3, 0.4) is 0 Å². The average molecular weight is 336 g/mol. The molecule has 1 aromatic carbocycles. The first-order valence-corrected chi connectivity index (χ1v) is 7.55. The van der Waals surface area contributed by atoms with Crippen LogP contribution in [0.4, 0.5) is 0 Å². The molecule has 0 aliphatic carbocycles. The van der Waals surface area contributed by atoms with E-state index in [0.29, 0.717) is 22.6 Å². The highest BCUT2D eigenvalue weighted by Gasteiger charge is 2.15. The van der Waals surface area contributed by atoms with Gasteiger partial charge in [0.15, 0.2) is 0 Å². The Kier molecular flexibility index (Phi) is 4.56. The van der Waals surface area contributed by atoms with E-state index >= 15 is 0 Å². The molecule has 0 saturated heterocycles. The maximum absolute atomic E-state index is 12.4. The summed E-state index contributed by atoms with van der Waals surface area (Å²) in [5.74, 6) is -0.751. The van der Waals surface area contributed by atoms with Crippen molar-refractivity contribution < 1.29 is 14.3 Å². The lowest BCUT2D eigenvalue weighted by Crippen LogP contribution is -2.20. The van der Waals surface area contributed by atoms with Gasteiger partial charge in [-0.15, -0.1) is 0 Å². The number of rotatable bonds is 4. The molecule has 7 heteroatoms. The zero-order chi connectivity index (χ0) is 17.8. The number of fused-ring (bicyclic) bond motifs is 1. The van der Waals surface area contributed by atoms with Gasteiger partial charge in [0.2, 0.25) is 0 Å². The number of hydrazone groups is 1. The van der Waals surface area contributed by atoms with Gasteiger partial charge < -0.3 is 4.74 Å². The number of benzene rings is 1. The summed E-state index contributed by atoms with van der Waals surface area (Å²) in [5.41, 5.74) is 5.45. The minimum absolute atomic E-state index is 0.348. The monoisotopic (exact) mass is 336 g/mol. The van der Waals surface area contributed by atoms with Gasteiger partial charge in [0, 0.05) is 6.20 Å². The molecule has 0 radical (unpaired) electrons. The molecule has 0 fully saturated rings. The predicted octanol–water partition coefficient (Wildman–Crippen LogP) is 2.19. The third-order valence-corrected chi connectivity index (χ3v) is 3.63. The van der Waals surface area contributed by atoms with Crippen LogP contribution in [-0.4, -0.2) is 34.6 Å². The Morgan fingerprint density at radius 3 is 2.68 bits per heavy atom. The molecule has 2 aromatic heterocycles. The Balaban J connectivity index is 1.72. The summed E-state index contributed by atoms with van der Waals surface area (Å²) in [6, 6.07) is 12.2. The van der Waals surface area contributed by atoms with Gasteiger partial charge >= 0.3 is 5.97 Å². The highest BCUT2D eigenvalue weighted by molar-refractivity contribution is 5.95. The molecule has 0 unspecified atom stereocenters. The lowest BCUT2D eigenvalue weighted by molar-refractivity contribution is 0.0600. The molecule has 1 amide bonds. The van der Waals surface area contributed by atoms with Crippen LogP contribution in [0, 0.1) is 6.92 Å². The third-order valence-electron chi connectivity index (χ3n) is 3.63. The number of imidazole rings is 1. The number of hydrogen-bond acceptors (Lipinski definition) is 5. The first-order chi connectivity index (χ1) is 12.1. The van der Waals surface area contributed by atoms with E-state index in [-0.39, 0.29) is 5.91 Å².